The molecule has 16 heavy (non-hydrogen) atoms. The van der Waals surface area contributed by atoms with Crippen LogP contribution in [0.1, 0.15) is 0 Å². The van der Waals surface area contributed by atoms with E-state index in [2.05, 4.69) is 4.98 Å². The minimum atomic E-state index is -0.854. The van der Waals surface area contributed by atoms with Gasteiger partial charge in [-0.15, -0.1) is 0 Å². The Morgan fingerprint density at radius 2 is 2.06 bits per heavy atom. The lowest BCUT2D eigenvalue weighted by molar-refractivity contribution is -0.387. The Morgan fingerprint density at radius 1 is 1.25 bits per heavy atom. The van der Waals surface area contributed by atoms with E-state index in [1.165, 1.54) is 6.07 Å². The average Bonchev–Trinajstić information content (AvgIpc) is 2.29. The minimum absolute atomic E-state index is 0.517. The van der Waals surface area contributed by atoms with E-state index >= 15 is 0 Å². The van der Waals surface area contributed by atoms with Crippen LogP contribution in [0, 0.1) is 15.9 Å². The zero-order valence-corrected chi connectivity index (χ0v) is 8.13. The SMILES string of the molecule is O=[N+]([O-])c1ccc(-c2ccccn2)cc1F. The van der Waals surface area contributed by atoms with Crippen molar-refractivity contribution in [2.75, 3.05) is 0 Å². The Morgan fingerprint density at radius 3 is 2.62 bits per heavy atom. The quantitative estimate of drug-likeness (QED) is 0.575. The number of nitro benzene ring substituents is 1. The van der Waals surface area contributed by atoms with Crippen molar-refractivity contribution in [2.45, 2.75) is 0 Å². The van der Waals surface area contributed by atoms with Gasteiger partial charge in [-0.25, -0.2) is 0 Å². The molecule has 1 heterocycles. The molecule has 2 aromatic rings. The van der Waals surface area contributed by atoms with E-state index in [0.717, 1.165) is 12.1 Å². The van der Waals surface area contributed by atoms with E-state index in [9.17, 15) is 14.5 Å². The molecule has 0 saturated carbocycles. The highest BCUT2D eigenvalue weighted by molar-refractivity contribution is 5.60. The van der Waals surface area contributed by atoms with Crippen molar-refractivity contribution in [1.29, 1.82) is 0 Å². The normalized spacial score (nSPS) is 10.1. The summed E-state index contributed by atoms with van der Waals surface area (Å²) in [4.78, 5) is 13.7. The minimum Gasteiger partial charge on any atom is -0.258 e. The predicted octanol–water partition coefficient (Wildman–Crippen LogP) is 2.80. The first kappa shape index (κ1) is 10.2. The summed E-state index contributed by atoms with van der Waals surface area (Å²) in [5.41, 5.74) is 0.569. The van der Waals surface area contributed by atoms with E-state index in [0.29, 0.717) is 11.3 Å². The third-order valence-corrected chi connectivity index (χ3v) is 2.11. The van der Waals surface area contributed by atoms with E-state index in [1.807, 2.05) is 0 Å². The lowest BCUT2D eigenvalue weighted by Gasteiger charge is -2.00. The molecule has 0 aliphatic heterocycles. The maximum absolute atomic E-state index is 13.3. The van der Waals surface area contributed by atoms with Gasteiger partial charge in [-0.2, -0.15) is 4.39 Å². The predicted molar refractivity (Wildman–Crippen MR) is 56.3 cm³/mol. The zero-order chi connectivity index (χ0) is 11.5. The summed E-state index contributed by atoms with van der Waals surface area (Å²) in [7, 11) is 0. The van der Waals surface area contributed by atoms with Gasteiger partial charge in [0.2, 0.25) is 5.82 Å². The summed E-state index contributed by atoms with van der Waals surface area (Å²) in [6.07, 6.45) is 1.58. The number of rotatable bonds is 2. The second-order valence-electron chi connectivity index (χ2n) is 3.14. The molecule has 4 nitrogen and oxygen atoms in total. The number of halogens is 1. The molecule has 0 bridgehead atoms. The van der Waals surface area contributed by atoms with E-state index in [4.69, 9.17) is 0 Å². The van der Waals surface area contributed by atoms with Crippen molar-refractivity contribution in [3.8, 4) is 11.3 Å². The first-order valence-corrected chi connectivity index (χ1v) is 4.54. The molecule has 0 aliphatic rings. The van der Waals surface area contributed by atoms with Gasteiger partial charge in [-0.3, -0.25) is 15.1 Å². The molecule has 0 aliphatic carbocycles. The highest BCUT2D eigenvalue weighted by Gasteiger charge is 2.14. The molecule has 1 aromatic heterocycles. The molecule has 5 heteroatoms. The Hall–Kier alpha value is -2.30. The Balaban J connectivity index is 2.46. The largest absolute Gasteiger partial charge is 0.304 e. The van der Waals surface area contributed by atoms with Crippen molar-refractivity contribution in [2.24, 2.45) is 0 Å². The van der Waals surface area contributed by atoms with Crippen LogP contribution in [0.2, 0.25) is 0 Å². The van der Waals surface area contributed by atoms with Crippen molar-refractivity contribution < 1.29 is 9.31 Å². The van der Waals surface area contributed by atoms with E-state index in [-0.39, 0.29) is 0 Å². The van der Waals surface area contributed by atoms with Crippen LogP contribution in [0.5, 0.6) is 0 Å². The molecule has 2 rings (SSSR count). The topological polar surface area (TPSA) is 56.0 Å². The van der Waals surface area contributed by atoms with Crippen LogP contribution in [0.25, 0.3) is 11.3 Å². The van der Waals surface area contributed by atoms with Gasteiger partial charge in [0.1, 0.15) is 0 Å². The first-order chi connectivity index (χ1) is 7.68. The van der Waals surface area contributed by atoms with Crippen molar-refractivity contribution in [3.63, 3.8) is 0 Å². The molecule has 0 fully saturated rings. The Kier molecular flexibility index (Phi) is 2.59. The molecule has 0 N–H and O–H groups in total. The van der Waals surface area contributed by atoms with Gasteiger partial charge in [0, 0.05) is 17.8 Å². The molecule has 0 unspecified atom stereocenters. The first-order valence-electron chi connectivity index (χ1n) is 4.54. The van der Waals surface area contributed by atoms with Crippen molar-refractivity contribution in [3.05, 3.63) is 58.5 Å². The monoisotopic (exact) mass is 218 g/mol. The Labute approximate surface area is 90.5 Å². The second-order valence-corrected chi connectivity index (χ2v) is 3.14. The van der Waals surface area contributed by atoms with Crippen LogP contribution in [0.15, 0.2) is 42.6 Å². The van der Waals surface area contributed by atoms with Crippen LogP contribution >= 0.6 is 0 Å². The van der Waals surface area contributed by atoms with Crippen LogP contribution in [-0.4, -0.2) is 9.91 Å². The Bertz CT molecular complexity index is 529. The highest BCUT2D eigenvalue weighted by atomic mass is 19.1. The standard InChI is InChI=1S/C11H7FN2O2/c12-9-7-8(4-5-11(9)14(15)16)10-3-1-2-6-13-10/h1-7H. The fraction of sp³-hybridized carbons (Fsp3) is 0. The molecule has 0 spiro atoms. The van der Waals surface area contributed by atoms with Gasteiger partial charge in [0.05, 0.1) is 10.6 Å². The van der Waals surface area contributed by atoms with Crippen molar-refractivity contribution >= 4 is 5.69 Å². The lowest BCUT2D eigenvalue weighted by atomic mass is 10.1. The molecule has 0 atom stereocenters. The summed E-state index contributed by atoms with van der Waals surface area (Å²) in [6, 6.07) is 8.94. The van der Waals surface area contributed by atoms with E-state index < -0.39 is 16.4 Å². The molecule has 80 valence electrons. The molecular formula is C11H7FN2O2. The fourth-order valence-electron chi connectivity index (χ4n) is 1.35. The number of nitro groups is 1. The van der Waals surface area contributed by atoms with Gasteiger partial charge in [0.25, 0.3) is 0 Å². The number of hydrogen-bond acceptors (Lipinski definition) is 3. The molecule has 1 aromatic carbocycles. The lowest BCUT2D eigenvalue weighted by Crippen LogP contribution is -1.93. The van der Waals surface area contributed by atoms with Crippen LogP contribution in [0.4, 0.5) is 10.1 Å². The molecule has 0 radical (unpaired) electrons. The second kappa shape index (κ2) is 4.06. The van der Waals surface area contributed by atoms with Gasteiger partial charge in [0.15, 0.2) is 0 Å². The summed E-state index contributed by atoms with van der Waals surface area (Å²) >= 11 is 0. The number of pyridine rings is 1. The fourth-order valence-corrected chi connectivity index (χ4v) is 1.35. The van der Waals surface area contributed by atoms with Crippen LogP contribution in [0.3, 0.4) is 0 Å². The summed E-state index contributed by atoms with van der Waals surface area (Å²) in [5, 5.41) is 10.4. The maximum Gasteiger partial charge on any atom is 0.304 e. The summed E-state index contributed by atoms with van der Waals surface area (Å²) < 4.78 is 13.3. The van der Waals surface area contributed by atoms with Crippen LogP contribution in [-0.2, 0) is 0 Å². The van der Waals surface area contributed by atoms with Crippen molar-refractivity contribution in [1.82, 2.24) is 4.98 Å². The third kappa shape index (κ3) is 1.88. The van der Waals surface area contributed by atoms with Gasteiger partial charge in [-0.1, -0.05) is 6.07 Å². The van der Waals surface area contributed by atoms with Gasteiger partial charge >= 0.3 is 5.69 Å². The number of hydrogen-bond donors (Lipinski definition) is 0. The summed E-state index contributed by atoms with van der Waals surface area (Å²) in [6.45, 7) is 0. The van der Waals surface area contributed by atoms with Gasteiger partial charge in [-0.05, 0) is 24.3 Å². The van der Waals surface area contributed by atoms with Crippen LogP contribution < -0.4 is 0 Å². The average molecular weight is 218 g/mol. The molecule has 0 saturated heterocycles. The van der Waals surface area contributed by atoms with Gasteiger partial charge < -0.3 is 0 Å². The smallest absolute Gasteiger partial charge is 0.258 e. The highest BCUT2D eigenvalue weighted by Crippen LogP contribution is 2.23. The maximum atomic E-state index is 13.3. The number of aromatic nitrogens is 1. The third-order valence-electron chi connectivity index (χ3n) is 2.11. The number of nitrogens with zero attached hydrogens (tertiary/aromatic N) is 2. The van der Waals surface area contributed by atoms with E-state index in [1.54, 1.807) is 24.4 Å². The molecule has 0 amide bonds. The number of benzene rings is 1. The molecular weight excluding hydrogens is 211 g/mol. The zero-order valence-electron chi connectivity index (χ0n) is 8.13. The summed E-state index contributed by atoms with van der Waals surface area (Å²) in [5.74, 6) is -0.854.